The van der Waals surface area contributed by atoms with Gasteiger partial charge in [-0.25, -0.2) is 0 Å². The molecule has 1 aliphatic rings. The van der Waals surface area contributed by atoms with Gasteiger partial charge in [-0.2, -0.15) is 0 Å². The summed E-state index contributed by atoms with van der Waals surface area (Å²) >= 11 is 0. The molecule has 4 nitrogen and oxygen atoms in total. The smallest absolute Gasteiger partial charge is 0.251 e. The number of amides is 1. The third-order valence-corrected chi connectivity index (χ3v) is 4.36. The first-order valence-corrected chi connectivity index (χ1v) is 8.31. The Hall–Kier alpha value is -2.20. The Morgan fingerprint density at radius 3 is 2.83 bits per heavy atom. The molecule has 1 aromatic heterocycles. The summed E-state index contributed by atoms with van der Waals surface area (Å²) in [5.41, 5.74) is 3.18. The summed E-state index contributed by atoms with van der Waals surface area (Å²) in [5, 5.41) is 6.40. The Bertz CT molecular complexity index is 619. The molecule has 3 rings (SSSR count). The van der Waals surface area contributed by atoms with Crippen LogP contribution in [0.1, 0.15) is 40.2 Å². The van der Waals surface area contributed by atoms with Crippen molar-refractivity contribution in [1.82, 2.24) is 15.6 Å². The molecule has 0 saturated carbocycles. The number of carbonyl (C=O) groups excluding carboxylic acids is 1. The van der Waals surface area contributed by atoms with E-state index in [9.17, 15) is 4.79 Å². The highest BCUT2D eigenvalue weighted by molar-refractivity contribution is 5.94. The van der Waals surface area contributed by atoms with Crippen LogP contribution in [0.25, 0.3) is 0 Å². The van der Waals surface area contributed by atoms with Crippen LogP contribution in [-0.2, 0) is 6.42 Å². The van der Waals surface area contributed by atoms with Crippen LogP contribution in [-0.4, -0.2) is 30.5 Å². The van der Waals surface area contributed by atoms with Gasteiger partial charge in [0, 0.05) is 31.0 Å². The number of rotatable bonds is 5. The minimum absolute atomic E-state index is 0.0118. The van der Waals surface area contributed by atoms with Crippen molar-refractivity contribution in [1.29, 1.82) is 0 Å². The number of aromatic nitrogens is 1. The zero-order valence-corrected chi connectivity index (χ0v) is 13.3. The minimum Gasteiger partial charge on any atom is -0.352 e. The minimum atomic E-state index is -0.0118. The third kappa shape index (κ3) is 4.39. The van der Waals surface area contributed by atoms with Gasteiger partial charge in [0.15, 0.2) is 0 Å². The van der Waals surface area contributed by atoms with Gasteiger partial charge in [0.1, 0.15) is 0 Å². The number of hydrogen-bond acceptors (Lipinski definition) is 3. The van der Waals surface area contributed by atoms with Gasteiger partial charge in [-0.05, 0) is 61.1 Å². The van der Waals surface area contributed by atoms with Gasteiger partial charge in [0.25, 0.3) is 5.91 Å². The van der Waals surface area contributed by atoms with Crippen LogP contribution in [0, 0.1) is 0 Å². The fourth-order valence-corrected chi connectivity index (χ4v) is 3.01. The molecule has 120 valence electrons. The normalized spacial score (nSPS) is 17.7. The highest BCUT2D eigenvalue weighted by Crippen LogP contribution is 2.23. The second-order valence-electron chi connectivity index (χ2n) is 6.03. The Balaban J connectivity index is 1.51. The van der Waals surface area contributed by atoms with Gasteiger partial charge in [-0.1, -0.05) is 18.2 Å². The molecule has 2 N–H and O–H groups in total. The lowest BCUT2D eigenvalue weighted by Crippen LogP contribution is -2.28. The van der Waals surface area contributed by atoms with Crippen LogP contribution in [0.5, 0.6) is 0 Å². The van der Waals surface area contributed by atoms with Gasteiger partial charge in [-0.3, -0.25) is 9.78 Å². The predicted octanol–water partition coefficient (Wildman–Crippen LogP) is 2.52. The molecule has 2 aromatic rings. The molecule has 4 heteroatoms. The van der Waals surface area contributed by atoms with Crippen molar-refractivity contribution < 1.29 is 4.79 Å². The molecular formula is C19H23N3O. The second kappa shape index (κ2) is 7.88. The lowest BCUT2D eigenvalue weighted by molar-refractivity contribution is 0.0954. The summed E-state index contributed by atoms with van der Waals surface area (Å²) in [4.78, 5) is 16.3. The number of pyridine rings is 1. The van der Waals surface area contributed by atoms with Crippen LogP contribution >= 0.6 is 0 Å². The van der Waals surface area contributed by atoms with Gasteiger partial charge >= 0.3 is 0 Å². The van der Waals surface area contributed by atoms with E-state index in [4.69, 9.17) is 0 Å². The maximum atomic E-state index is 12.2. The molecule has 0 spiro atoms. The van der Waals surface area contributed by atoms with E-state index in [-0.39, 0.29) is 5.91 Å². The average molecular weight is 309 g/mol. The van der Waals surface area contributed by atoms with Gasteiger partial charge in [0.2, 0.25) is 0 Å². The molecule has 1 amide bonds. The number of piperidine rings is 1. The molecule has 1 fully saturated rings. The van der Waals surface area contributed by atoms with Crippen LogP contribution in [0.4, 0.5) is 0 Å². The van der Waals surface area contributed by atoms with Crippen molar-refractivity contribution in [3.8, 4) is 0 Å². The molecule has 1 aliphatic heterocycles. The molecule has 0 aliphatic carbocycles. The molecule has 0 bridgehead atoms. The van der Waals surface area contributed by atoms with Crippen molar-refractivity contribution >= 4 is 5.91 Å². The van der Waals surface area contributed by atoms with E-state index in [1.54, 1.807) is 6.20 Å². The fourth-order valence-electron chi connectivity index (χ4n) is 3.01. The van der Waals surface area contributed by atoms with E-state index >= 15 is 0 Å². The topological polar surface area (TPSA) is 54.0 Å². The first kappa shape index (κ1) is 15.7. The molecule has 2 heterocycles. The monoisotopic (exact) mass is 309 g/mol. The van der Waals surface area contributed by atoms with Gasteiger partial charge in [0.05, 0.1) is 0 Å². The van der Waals surface area contributed by atoms with E-state index in [2.05, 4.69) is 27.8 Å². The number of nitrogens with one attached hydrogen (secondary N) is 2. The lowest BCUT2D eigenvalue weighted by atomic mass is 9.91. The quantitative estimate of drug-likeness (QED) is 0.892. The van der Waals surface area contributed by atoms with Crippen LogP contribution in [0.3, 0.4) is 0 Å². The lowest BCUT2D eigenvalue weighted by Gasteiger charge is -2.23. The summed E-state index contributed by atoms with van der Waals surface area (Å²) in [6.45, 7) is 2.78. The van der Waals surface area contributed by atoms with E-state index in [1.165, 1.54) is 18.4 Å². The summed E-state index contributed by atoms with van der Waals surface area (Å²) in [5.74, 6) is 0.564. The van der Waals surface area contributed by atoms with Gasteiger partial charge in [-0.15, -0.1) is 0 Å². The first-order valence-electron chi connectivity index (χ1n) is 8.31. The number of carbonyl (C=O) groups is 1. The number of nitrogens with zero attached hydrogens (tertiary/aromatic N) is 1. The largest absolute Gasteiger partial charge is 0.352 e. The number of benzene rings is 1. The maximum Gasteiger partial charge on any atom is 0.251 e. The molecule has 1 saturated heterocycles. The van der Waals surface area contributed by atoms with Crippen molar-refractivity contribution in [3.63, 3.8) is 0 Å². The third-order valence-electron chi connectivity index (χ3n) is 4.36. The maximum absolute atomic E-state index is 12.2. The second-order valence-corrected chi connectivity index (χ2v) is 6.03. The molecule has 0 unspecified atom stereocenters. The van der Waals surface area contributed by atoms with Crippen LogP contribution in [0.2, 0.25) is 0 Å². The Kier molecular flexibility index (Phi) is 5.37. The zero-order valence-electron chi connectivity index (χ0n) is 13.3. The van der Waals surface area contributed by atoms with Crippen LogP contribution < -0.4 is 10.6 Å². The molecular weight excluding hydrogens is 286 g/mol. The summed E-state index contributed by atoms with van der Waals surface area (Å²) in [7, 11) is 0. The SMILES string of the molecule is O=C(NCCc1cccnc1)c1ccc([C@H]2CCCNC2)cc1. The van der Waals surface area contributed by atoms with Crippen molar-refractivity contribution in [2.24, 2.45) is 0 Å². The highest BCUT2D eigenvalue weighted by atomic mass is 16.1. The predicted molar refractivity (Wildman–Crippen MR) is 91.6 cm³/mol. The van der Waals surface area contributed by atoms with Crippen molar-refractivity contribution in [2.75, 3.05) is 19.6 Å². The van der Waals surface area contributed by atoms with Gasteiger partial charge < -0.3 is 10.6 Å². The Labute approximate surface area is 137 Å². The van der Waals surface area contributed by atoms with E-state index < -0.39 is 0 Å². The summed E-state index contributed by atoms with van der Waals surface area (Å²) < 4.78 is 0. The first-order chi connectivity index (χ1) is 11.3. The standard InChI is InChI=1S/C19H23N3O/c23-19(22-12-9-15-3-1-10-20-13-15)17-7-5-16(6-8-17)18-4-2-11-21-14-18/h1,3,5-8,10,13,18,21H,2,4,9,11-12,14H2,(H,22,23)/t18-/m0/s1. The molecule has 23 heavy (non-hydrogen) atoms. The number of hydrogen-bond donors (Lipinski definition) is 2. The van der Waals surface area contributed by atoms with Crippen molar-refractivity contribution in [2.45, 2.75) is 25.2 Å². The Morgan fingerprint density at radius 2 is 2.13 bits per heavy atom. The fraction of sp³-hybridized carbons (Fsp3) is 0.368. The summed E-state index contributed by atoms with van der Waals surface area (Å²) in [6.07, 6.45) is 6.83. The Morgan fingerprint density at radius 1 is 1.26 bits per heavy atom. The van der Waals surface area contributed by atoms with Crippen LogP contribution in [0.15, 0.2) is 48.8 Å². The average Bonchev–Trinajstić information content (AvgIpc) is 2.63. The summed E-state index contributed by atoms with van der Waals surface area (Å²) in [6, 6.07) is 12.0. The van der Waals surface area contributed by atoms with Crippen molar-refractivity contribution in [3.05, 3.63) is 65.5 Å². The molecule has 1 atom stereocenters. The van der Waals surface area contributed by atoms with E-state index in [0.29, 0.717) is 12.5 Å². The molecule has 1 aromatic carbocycles. The molecule has 0 radical (unpaired) electrons. The highest BCUT2D eigenvalue weighted by Gasteiger charge is 2.15. The van der Waals surface area contributed by atoms with E-state index in [0.717, 1.165) is 30.6 Å². The van der Waals surface area contributed by atoms with E-state index in [1.807, 2.05) is 30.5 Å². The zero-order chi connectivity index (χ0) is 15.9.